The lowest BCUT2D eigenvalue weighted by Crippen LogP contribution is -2.41. The van der Waals surface area contributed by atoms with E-state index in [1.54, 1.807) is 11.1 Å². The van der Waals surface area contributed by atoms with E-state index < -0.39 is 23.7 Å². The molecule has 0 aliphatic carbocycles. The van der Waals surface area contributed by atoms with E-state index in [0.29, 0.717) is 25.2 Å². The molecule has 1 atom stereocenters. The Kier molecular flexibility index (Phi) is 7.82. The molecular weight excluding hydrogens is 561 g/mol. The summed E-state index contributed by atoms with van der Waals surface area (Å²) in [6.07, 6.45) is 1.69. The second-order valence-electron chi connectivity index (χ2n) is 11.1. The van der Waals surface area contributed by atoms with Crippen LogP contribution in [0, 0.1) is 0 Å². The van der Waals surface area contributed by atoms with Crippen molar-refractivity contribution in [2.45, 2.75) is 50.9 Å². The number of anilines is 3. The first-order chi connectivity index (χ1) is 20.7. The van der Waals surface area contributed by atoms with E-state index in [1.807, 2.05) is 44.4 Å². The minimum atomic E-state index is -4.69. The van der Waals surface area contributed by atoms with Gasteiger partial charge >= 0.3 is 12.2 Å². The first kappa shape index (κ1) is 28.7. The van der Waals surface area contributed by atoms with Gasteiger partial charge in [0.15, 0.2) is 0 Å². The van der Waals surface area contributed by atoms with E-state index in [0.717, 1.165) is 53.6 Å². The summed E-state index contributed by atoms with van der Waals surface area (Å²) in [6.45, 7) is 4.13. The van der Waals surface area contributed by atoms with E-state index in [-0.39, 0.29) is 24.3 Å². The number of amides is 2. The Balaban J connectivity index is 1.19. The van der Waals surface area contributed by atoms with Crippen LogP contribution < -0.4 is 15.4 Å². The summed E-state index contributed by atoms with van der Waals surface area (Å²) in [5, 5.41) is 6.87. The number of nitrogens with one attached hydrogen (secondary N) is 3. The molecule has 1 saturated heterocycles. The number of urea groups is 1. The Morgan fingerprint density at radius 3 is 2.74 bits per heavy atom. The van der Waals surface area contributed by atoms with Crippen LogP contribution in [-0.2, 0) is 12.7 Å². The maximum absolute atomic E-state index is 14.0. The number of fused-ring (bicyclic) bond motifs is 2. The van der Waals surface area contributed by atoms with Crippen LogP contribution in [0.25, 0.3) is 11.0 Å². The maximum atomic E-state index is 14.0. The van der Waals surface area contributed by atoms with Crippen molar-refractivity contribution in [2.75, 3.05) is 37.3 Å². The topological polar surface area (TPSA) is 111 Å². The average Bonchev–Trinajstić information content (AvgIpc) is 3.48. The third kappa shape index (κ3) is 6.21. The molecule has 43 heavy (non-hydrogen) atoms. The number of piperidine rings is 1. The van der Waals surface area contributed by atoms with E-state index in [1.165, 1.54) is 6.20 Å². The van der Waals surface area contributed by atoms with Gasteiger partial charge in [-0.1, -0.05) is 13.0 Å². The summed E-state index contributed by atoms with van der Waals surface area (Å²) in [5.74, 6) is 0.180. The largest absolute Gasteiger partial charge is 0.474 e. The molecule has 10 nitrogen and oxygen atoms in total. The number of hydrogen-bond acceptors (Lipinski definition) is 7. The predicted octanol–water partition coefficient (Wildman–Crippen LogP) is 6.13. The molecule has 4 aromatic heterocycles. The highest BCUT2D eigenvalue weighted by molar-refractivity contribution is 5.91. The summed E-state index contributed by atoms with van der Waals surface area (Å²) in [4.78, 5) is 33.2. The number of alkyl halides is 3. The highest BCUT2D eigenvalue weighted by Crippen LogP contribution is 2.38. The summed E-state index contributed by atoms with van der Waals surface area (Å²) in [6, 6.07) is 8.09. The highest BCUT2D eigenvalue weighted by Gasteiger charge is 2.37. The third-order valence-corrected chi connectivity index (χ3v) is 8.09. The molecule has 0 spiro atoms. The first-order valence-corrected chi connectivity index (χ1v) is 14.3. The number of halogens is 3. The van der Waals surface area contributed by atoms with Gasteiger partial charge in [-0.3, -0.25) is 0 Å². The Labute approximate surface area is 246 Å². The molecular formula is C30H33F3N8O2. The fraction of sp³-hybridized carbons (Fsp3) is 0.400. The number of aromatic nitrogens is 4. The van der Waals surface area contributed by atoms with E-state index >= 15 is 0 Å². The van der Waals surface area contributed by atoms with E-state index in [9.17, 15) is 18.0 Å². The number of nitrogens with zero attached hydrogens (tertiary/aromatic N) is 5. The van der Waals surface area contributed by atoms with Gasteiger partial charge in [0.05, 0.1) is 29.8 Å². The number of hydrogen-bond donors (Lipinski definition) is 3. The van der Waals surface area contributed by atoms with Gasteiger partial charge in [0.2, 0.25) is 5.88 Å². The summed E-state index contributed by atoms with van der Waals surface area (Å²) >= 11 is 0. The fourth-order valence-corrected chi connectivity index (χ4v) is 5.68. The molecule has 2 aliphatic rings. The van der Waals surface area contributed by atoms with Crippen LogP contribution >= 0.6 is 0 Å². The van der Waals surface area contributed by atoms with Crippen molar-refractivity contribution in [3.05, 3.63) is 65.7 Å². The molecule has 1 fully saturated rings. The average molecular weight is 595 g/mol. The molecule has 0 bridgehead atoms. The number of carbonyl (C=O) groups is 1. The Hall–Kier alpha value is -4.39. The van der Waals surface area contributed by atoms with Gasteiger partial charge in [-0.25, -0.2) is 19.7 Å². The predicted molar refractivity (Wildman–Crippen MR) is 156 cm³/mol. The second kappa shape index (κ2) is 11.7. The van der Waals surface area contributed by atoms with E-state index in [4.69, 9.17) is 9.72 Å². The van der Waals surface area contributed by atoms with E-state index in [2.05, 4.69) is 30.5 Å². The van der Waals surface area contributed by atoms with Crippen LogP contribution in [0.3, 0.4) is 0 Å². The zero-order chi connectivity index (χ0) is 30.1. The van der Waals surface area contributed by atoms with Crippen molar-refractivity contribution < 1.29 is 22.7 Å². The summed E-state index contributed by atoms with van der Waals surface area (Å²) < 4.78 is 47.6. The maximum Gasteiger partial charge on any atom is 0.421 e. The molecule has 0 aromatic carbocycles. The molecule has 6 rings (SSSR count). The first-order valence-electron chi connectivity index (χ1n) is 14.3. The van der Waals surface area contributed by atoms with Gasteiger partial charge < -0.3 is 30.2 Å². The number of rotatable bonds is 6. The van der Waals surface area contributed by atoms with Crippen LogP contribution in [0.15, 0.2) is 48.9 Å². The molecule has 13 heteroatoms. The zero-order valence-electron chi connectivity index (χ0n) is 23.9. The minimum absolute atomic E-state index is 0.0301. The normalized spacial score (nSPS) is 18.0. The molecule has 0 saturated carbocycles. The van der Waals surface area contributed by atoms with Crippen LogP contribution in [0.4, 0.5) is 35.2 Å². The molecule has 2 aliphatic heterocycles. The van der Waals surface area contributed by atoms with Gasteiger partial charge in [-0.15, -0.1) is 0 Å². The Morgan fingerprint density at radius 1 is 1.16 bits per heavy atom. The van der Waals surface area contributed by atoms with Crippen molar-refractivity contribution in [3.63, 3.8) is 0 Å². The van der Waals surface area contributed by atoms with Crippen molar-refractivity contribution in [2.24, 2.45) is 0 Å². The summed E-state index contributed by atoms with van der Waals surface area (Å²) in [7, 11) is 1.96. The van der Waals surface area contributed by atoms with Gasteiger partial charge in [-0.2, -0.15) is 13.2 Å². The quantitative estimate of drug-likeness (QED) is 0.246. The minimum Gasteiger partial charge on any atom is -0.474 e. The lowest BCUT2D eigenvalue weighted by Gasteiger charge is -2.34. The van der Waals surface area contributed by atoms with Crippen molar-refractivity contribution in [1.82, 2.24) is 29.7 Å². The standard InChI is InChI=1S/C30H33F3N8O2/c1-3-18-16-41(17-25-21(18)4-5-26(39-25)38-24-7-11-35-27-22(24)6-10-34-27)29(42)37-19-14-23(30(31,32)33)28(36-15-19)43-20-8-12-40(2)13-9-20/h4-7,10-11,14-15,18,20H,3,8-9,12-13,16-17H2,1-2H3,(H,37,42)(H2,34,35,38,39). The number of ether oxygens (including phenoxy) is 1. The SMILES string of the molecule is CCC1CN(C(=O)Nc2cnc(OC3CCN(C)CC3)c(C(F)(F)F)c2)Cc2nc(Nc3ccnc4[nH]ccc34)ccc21. The number of aromatic amines is 1. The van der Waals surface area contributed by atoms with Crippen LogP contribution in [0.2, 0.25) is 0 Å². The number of H-pyrrole nitrogens is 1. The molecule has 4 aromatic rings. The highest BCUT2D eigenvalue weighted by atomic mass is 19.4. The monoisotopic (exact) mass is 594 g/mol. The fourth-order valence-electron chi connectivity index (χ4n) is 5.68. The lowest BCUT2D eigenvalue weighted by atomic mass is 9.91. The smallest absolute Gasteiger partial charge is 0.421 e. The molecule has 6 heterocycles. The molecule has 2 amide bonds. The number of pyridine rings is 3. The summed E-state index contributed by atoms with van der Waals surface area (Å²) in [5.41, 5.74) is 2.31. The molecule has 0 radical (unpaired) electrons. The Morgan fingerprint density at radius 2 is 1.98 bits per heavy atom. The van der Waals surface area contributed by atoms with Crippen molar-refractivity contribution >= 4 is 34.3 Å². The van der Waals surface area contributed by atoms with Gasteiger partial charge in [-0.05, 0) is 56.1 Å². The lowest BCUT2D eigenvalue weighted by molar-refractivity contribution is -0.139. The second-order valence-corrected chi connectivity index (χ2v) is 11.1. The number of carbonyl (C=O) groups excluding carboxylic acids is 1. The number of likely N-dealkylation sites (tertiary alicyclic amines) is 1. The van der Waals surface area contributed by atoms with Crippen LogP contribution in [-0.4, -0.2) is 68.6 Å². The Bertz CT molecular complexity index is 1620. The van der Waals surface area contributed by atoms with Gasteiger partial charge in [0.1, 0.15) is 23.1 Å². The molecule has 226 valence electrons. The zero-order valence-corrected chi connectivity index (χ0v) is 23.9. The van der Waals surface area contributed by atoms with Crippen LogP contribution in [0.1, 0.15) is 48.9 Å². The van der Waals surface area contributed by atoms with Gasteiger partial charge in [0.25, 0.3) is 0 Å². The molecule has 1 unspecified atom stereocenters. The van der Waals surface area contributed by atoms with Crippen LogP contribution in [0.5, 0.6) is 5.88 Å². The van der Waals surface area contributed by atoms with Crippen molar-refractivity contribution in [3.8, 4) is 5.88 Å². The third-order valence-electron chi connectivity index (χ3n) is 8.09. The molecule has 3 N–H and O–H groups in total. The van der Waals surface area contributed by atoms with Gasteiger partial charge in [0, 0.05) is 43.3 Å². The van der Waals surface area contributed by atoms with Crippen molar-refractivity contribution in [1.29, 1.82) is 0 Å².